The van der Waals surface area contributed by atoms with Crippen LogP contribution in [0.3, 0.4) is 0 Å². The highest BCUT2D eigenvalue weighted by Crippen LogP contribution is 2.76. The van der Waals surface area contributed by atoms with Gasteiger partial charge in [-0.3, -0.25) is 9.59 Å². The summed E-state index contributed by atoms with van der Waals surface area (Å²) in [6, 6.07) is 0. The third-order valence-electron chi connectivity index (χ3n) is 8.31. The minimum absolute atomic E-state index is 0.0362. The molecule has 0 unspecified atom stereocenters. The van der Waals surface area contributed by atoms with E-state index in [9.17, 15) is 19.8 Å². The second-order valence-electron chi connectivity index (χ2n) is 8.94. The second-order valence-corrected chi connectivity index (χ2v) is 8.94. The topological polar surface area (TPSA) is 93.1 Å². The van der Waals surface area contributed by atoms with Crippen molar-refractivity contribution in [2.45, 2.75) is 44.0 Å². The Morgan fingerprint density at radius 2 is 2.12 bits per heavy atom. The van der Waals surface area contributed by atoms with E-state index in [-0.39, 0.29) is 11.8 Å². The molecule has 6 heteroatoms. The highest BCUT2D eigenvalue weighted by Gasteiger charge is 2.84. The SMILES string of the molecule is C=C1C[C@]23[C@H](O)[C@H]1CC[C@H]2[C@@]12C=C[C@H](O)[C@@](C)(C(=O)O1)[C@H]2[C@@H]3C(=O)OC. The first-order chi connectivity index (χ1) is 12.2. The van der Waals surface area contributed by atoms with E-state index in [0.29, 0.717) is 6.42 Å². The molecule has 1 spiro atoms. The molecule has 3 saturated carbocycles. The van der Waals surface area contributed by atoms with Crippen molar-refractivity contribution in [1.29, 1.82) is 0 Å². The normalized spacial score (nSPS) is 56.2. The van der Waals surface area contributed by atoms with Crippen molar-refractivity contribution < 1.29 is 29.3 Å². The minimum atomic E-state index is -1.22. The Kier molecular flexibility index (Phi) is 2.92. The van der Waals surface area contributed by atoms with Gasteiger partial charge in [-0.1, -0.05) is 18.2 Å². The maximum Gasteiger partial charge on any atom is 0.316 e. The van der Waals surface area contributed by atoms with Gasteiger partial charge < -0.3 is 19.7 Å². The summed E-state index contributed by atoms with van der Waals surface area (Å²) in [4.78, 5) is 25.8. The monoisotopic (exact) mass is 360 g/mol. The Hall–Kier alpha value is -1.66. The molecule has 4 bridgehead atoms. The van der Waals surface area contributed by atoms with Gasteiger partial charge in [0.25, 0.3) is 0 Å². The molecule has 0 radical (unpaired) electrons. The molecule has 0 aromatic carbocycles. The van der Waals surface area contributed by atoms with Gasteiger partial charge in [-0.05, 0) is 32.3 Å². The molecule has 5 rings (SSSR count). The van der Waals surface area contributed by atoms with E-state index >= 15 is 0 Å². The number of esters is 2. The highest BCUT2D eigenvalue weighted by atomic mass is 16.6. The Balaban J connectivity index is 1.80. The Morgan fingerprint density at radius 1 is 1.38 bits per heavy atom. The van der Waals surface area contributed by atoms with Gasteiger partial charge in [0.2, 0.25) is 0 Å². The van der Waals surface area contributed by atoms with Gasteiger partial charge in [0.1, 0.15) is 11.0 Å². The van der Waals surface area contributed by atoms with E-state index in [1.807, 2.05) is 0 Å². The molecule has 0 aromatic rings. The standard InChI is InChI=1S/C20H24O6/c1-9-8-19-11(5-4-10(9)15(19)22)20-7-6-12(21)18(2,17(24)26-20)14(20)13(19)16(23)25-3/h6-7,10-15,21-22H,1,4-5,8H2,2-3H3/t10-,11+,12-,13+,14+,15+,18+,19-,20+/m0/s1. The Morgan fingerprint density at radius 3 is 2.81 bits per heavy atom. The summed E-state index contributed by atoms with van der Waals surface area (Å²) in [5.74, 6) is -2.42. The van der Waals surface area contributed by atoms with E-state index in [1.54, 1.807) is 19.1 Å². The molecule has 0 amide bonds. The van der Waals surface area contributed by atoms with Gasteiger partial charge in [-0.15, -0.1) is 0 Å². The van der Waals surface area contributed by atoms with E-state index in [0.717, 1.165) is 18.4 Å². The summed E-state index contributed by atoms with van der Waals surface area (Å²) >= 11 is 0. The lowest BCUT2D eigenvalue weighted by molar-refractivity contribution is -0.170. The van der Waals surface area contributed by atoms with E-state index in [4.69, 9.17) is 9.47 Å². The summed E-state index contributed by atoms with van der Waals surface area (Å²) in [5, 5.41) is 21.9. The second kappa shape index (κ2) is 4.60. The minimum Gasteiger partial charge on any atom is -0.469 e. The fourth-order valence-electron chi connectivity index (χ4n) is 7.31. The number of fused-ring (bicyclic) bond motifs is 1. The van der Waals surface area contributed by atoms with Crippen molar-refractivity contribution in [1.82, 2.24) is 0 Å². The number of hydrogen-bond donors (Lipinski definition) is 2. The predicted octanol–water partition coefficient (Wildman–Crippen LogP) is 0.971. The molecule has 140 valence electrons. The van der Waals surface area contributed by atoms with Gasteiger partial charge in [-0.2, -0.15) is 0 Å². The number of ether oxygens (including phenoxy) is 2. The van der Waals surface area contributed by atoms with Crippen molar-refractivity contribution in [3.8, 4) is 0 Å². The third kappa shape index (κ3) is 1.40. The van der Waals surface area contributed by atoms with Crippen LogP contribution in [0.2, 0.25) is 0 Å². The lowest BCUT2D eigenvalue weighted by Gasteiger charge is -2.45. The fourth-order valence-corrected chi connectivity index (χ4v) is 7.31. The molecule has 1 aliphatic heterocycles. The largest absolute Gasteiger partial charge is 0.469 e. The average Bonchev–Trinajstić information content (AvgIpc) is 3.00. The van der Waals surface area contributed by atoms with Crippen LogP contribution in [0.1, 0.15) is 26.2 Å². The molecule has 0 aromatic heterocycles. The number of methoxy groups -OCH3 is 1. The first-order valence-corrected chi connectivity index (χ1v) is 9.29. The van der Waals surface area contributed by atoms with E-state index < -0.39 is 52.4 Å². The van der Waals surface area contributed by atoms with Crippen molar-refractivity contribution in [2.75, 3.05) is 7.11 Å². The van der Waals surface area contributed by atoms with Gasteiger partial charge in [0, 0.05) is 23.2 Å². The number of aliphatic hydroxyl groups excluding tert-OH is 2. The molecule has 5 aliphatic rings. The molecule has 4 fully saturated rings. The van der Waals surface area contributed by atoms with E-state index in [1.165, 1.54) is 7.11 Å². The number of rotatable bonds is 1. The van der Waals surface area contributed by atoms with Gasteiger partial charge in [0.15, 0.2) is 0 Å². The van der Waals surface area contributed by atoms with E-state index in [2.05, 4.69) is 6.58 Å². The van der Waals surface area contributed by atoms with Gasteiger partial charge in [-0.25, -0.2) is 0 Å². The van der Waals surface area contributed by atoms with Gasteiger partial charge in [0.05, 0.1) is 25.2 Å². The first-order valence-electron chi connectivity index (χ1n) is 9.29. The van der Waals surface area contributed by atoms with Crippen LogP contribution in [0.15, 0.2) is 24.3 Å². The fraction of sp³-hybridized carbons (Fsp3) is 0.700. The highest BCUT2D eigenvalue weighted by molar-refractivity contribution is 5.87. The smallest absolute Gasteiger partial charge is 0.316 e. The lowest BCUT2D eigenvalue weighted by atomic mass is 9.60. The number of carbonyl (C=O) groups is 2. The van der Waals surface area contributed by atoms with Crippen LogP contribution in [0.4, 0.5) is 0 Å². The molecule has 6 nitrogen and oxygen atoms in total. The zero-order valence-corrected chi connectivity index (χ0v) is 15.0. The predicted molar refractivity (Wildman–Crippen MR) is 89.5 cm³/mol. The zero-order valence-electron chi connectivity index (χ0n) is 15.0. The zero-order chi connectivity index (χ0) is 18.6. The molecule has 9 atom stereocenters. The molecule has 2 N–H and O–H groups in total. The molecular formula is C20H24O6. The van der Waals surface area contributed by atoms with Crippen molar-refractivity contribution in [2.24, 2.45) is 34.5 Å². The number of aliphatic hydroxyl groups is 2. The van der Waals surface area contributed by atoms with Crippen molar-refractivity contribution in [3.63, 3.8) is 0 Å². The van der Waals surface area contributed by atoms with Crippen molar-refractivity contribution in [3.05, 3.63) is 24.3 Å². The number of carbonyl (C=O) groups excluding carboxylic acids is 2. The number of hydrogen-bond acceptors (Lipinski definition) is 6. The Labute approximate surface area is 151 Å². The quantitative estimate of drug-likeness (QED) is 0.535. The van der Waals surface area contributed by atoms with Gasteiger partial charge >= 0.3 is 11.9 Å². The molecular weight excluding hydrogens is 336 g/mol. The lowest BCUT2D eigenvalue weighted by Crippen LogP contribution is -2.52. The first kappa shape index (κ1) is 16.5. The maximum absolute atomic E-state index is 13.0. The van der Waals surface area contributed by atoms with Crippen molar-refractivity contribution >= 4 is 11.9 Å². The van der Waals surface area contributed by atoms with Crippen LogP contribution in [-0.2, 0) is 19.1 Å². The molecule has 1 saturated heterocycles. The van der Waals surface area contributed by atoms with Crippen LogP contribution in [0, 0.1) is 34.5 Å². The maximum atomic E-state index is 13.0. The summed E-state index contributed by atoms with van der Waals surface area (Å²) < 4.78 is 11.1. The summed E-state index contributed by atoms with van der Waals surface area (Å²) in [6.07, 6.45) is 3.69. The third-order valence-corrected chi connectivity index (χ3v) is 8.31. The molecule has 26 heavy (non-hydrogen) atoms. The Bertz CT molecular complexity index is 772. The average molecular weight is 360 g/mol. The summed E-state index contributed by atoms with van der Waals surface area (Å²) in [6.45, 7) is 5.83. The summed E-state index contributed by atoms with van der Waals surface area (Å²) in [7, 11) is 1.33. The van der Waals surface area contributed by atoms with Crippen LogP contribution in [-0.4, -0.2) is 47.1 Å². The van der Waals surface area contributed by atoms with Crippen LogP contribution in [0.5, 0.6) is 0 Å². The van der Waals surface area contributed by atoms with Crippen LogP contribution < -0.4 is 0 Å². The van der Waals surface area contributed by atoms with Crippen LogP contribution in [0.25, 0.3) is 0 Å². The van der Waals surface area contributed by atoms with Crippen LogP contribution >= 0.6 is 0 Å². The summed E-state index contributed by atoms with van der Waals surface area (Å²) in [5.41, 5.74) is -1.99. The molecule has 4 aliphatic carbocycles. The molecule has 1 heterocycles.